The van der Waals surface area contributed by atoms with Crippen molar-refractivity contribution in [1.82, 2.24) is 20.1 Å². The van der Waals surface area contributed by atoms with E-state index in [0.29, 0.717) is 30.9 Å². The minimum atomic E-state index is -0.0811. The van der Waals surface area contributed by atoms with Gasteiger partial charge in [-0.15, -0.1) is 0 Å². The summed E-state index contributed by atoms with van der Waals surface area (Å²) in [6.45, 7) is 2.52. The van der Waals surface area contributed by atoms with E-state index >= 15 is 0 Å². The molecule has 6 nitrogen and oxygen atoms in total. The Bertz CT molecular complexity index is 889. The van der Waals surface area contributed by atoms with Crippen molar-refractivity contribution in [2.24, 2.45) is 0 Å². The van der Waals surface area contributed by atoms with E-state index in [9.17, 15) is 9.59 Å². The molecule has 1 aliphatic heterocycles. The Labute approximate surface area is 132 Å². The third-order valence-corrected chi connectivity index (χ3v) is 4.31. The van der Waals surface area contributed by atoms with E-state index in [1.165, 1.54) is 6.92 Å². The Hall–Kier alpha value is -2.89. The summed E-state index contributed by atoms with van der Waals surface area (Å²) >= 11 is 0. The maximum Gasteiger partial charge on any atom is 0.270 e. The lowest BCUT2D eigenvalue weighted by Gasteiger charge is -2.26. The number of Topliss-reactive ketones (excluding diaryl/α,β-unsaturated/α-hetero) is 1. The zero-order chi connectivity index (χ0) is 16.0. The summed E-state index contributed by atoms with van der Waals surface area (Å²) in [7, 11) is 0. The molecule has 0 unspecified atom stereocenters. The van der Waals surface area contributed by atoms with Crippen LogP contribution in [0.25, 0.3) is 10.9 Å². The molecule has 23 heavy (non-hydrogen) atoms. The highest BCUT2D eigenvalue weighted by atomic mass is 16.2. The predicted octanol–water partition coefficient (Wildman–Crippen LogP) is 2.29. The molecule has 2 N–H and O–H groups in total. The van der Waals surface area contributed by atoms with Crippen molar-refractivity contribution in [3.8, 4) is 0 Å². The van der Waals surface area contributed by atoms with Crippen LogP contribution in [0, 0.1) is 0 Å². The molecule has 6 heteroatoms. The highest BCUT2D eigenvalue weighted by Crippen LogP contribution is 2.23. The number of hydrogen-bond acceptors (Lipinski definition) is 3. The minimum Gasteiger partial charge on any atom is -0.351 e. The van der Waals surface area contributed by atoms with Crippen LogP contribution in [0.5, 0.6) is 0 Å². The fourth-order valence-electron chi connectivity index (χ4n) is 3.12. The van der Waals surface area contributed by atoms with E-state index < -0.39 is 0 Å². The van der Waals surface area contributed by atoms with Crippen LogP contribution < -0.4 is 0 Å². The van der Waals surface area contributed by atoms with Crippen molar-refractivity contribution >= 4 is 22.6 Å². The van der Waals surface area contributed by atoms with Gasteiger partial charge in [0.15, 0.2) is 5.78 Å². The second-order valence-corrected chi connectivity index (χ2v) is 5.83. The molecule has 116 valence electrons. The highest BCUT2D eigenvalue weighted by Gasteiger charge is 2.27. The van der Waals surface area contributed by atoms with E-state index in [1.807, 2.05) is 30.3 Å². The molecule has 0 radical (unpaired) electrons. The van der Waals surface area contributed by atoms with Crippen molar-refractivity contribution in [3.05, 3.63) is 53.0 Å². The van der Waals surface area contributed by atoms with Gasteiger partial charge in [-0.1, -0.05) is 18.2 Å². The second-order valence-electron chi connectivity index (χ2n) is 5.83. The number of hydrogen-bond donors (Lipinski definition) is 2. The summed E-state index contributed by atoms with van der Waals surface area (Å²) in [6, 6.07) is 9.67. The number of aromatic amines is 2. The van der Waals surface area contributed by atoms with Gasteiger partial charge in [0.05, 0.1) is 6.54 Å². The van der Waals surface area contributed by atoms with Crippen LogP contribution in [0.3, 0.4) is 0 Å². The number of rotatable bonds is 2. The van der Waals surface area contributed by atoms with Crippen LogP contribution in [0.15, 0.2) is 30.3 Å². The fraction of sp³-hybridized carbons (Fsp3) is 0.235. The first-order valence-electron chi connectivity index (χ1n) is 7.57. The summed E-state index contributed by atoms with van der Waals surface area (Å²) in [6.07, 6.45) is 0.682. The Kier molecular flexibility index (Phi) is 3.04. The number of fused-ring (bicyclic) bond motifs is 2. The van der Waals surface area contributed by atoms with Crippen LogP contribution in [0.4, 0.5) is 0 Å². The largest absolute Gasteiger partial charge is 0.351 e. The summed E-state index contributed by atoms with van der Waals surface area (Å²) in [4.78, 5) is 29.3. The number of nitrogens with one attached hydrogen (secondary N) is 2. The Morgan fingerprint density at radius 2 is 2.09 bits per heavy atom. The SMILES string of the molecule is CC(=O)c1n[nH]c2c1CN(C(=O)c1cc3ccccc3[nH]1)CC2. The fourth-order valence-corrected chi connectivity index (χ4v) is 3.12. The van der Waals surface area contributed by atoms with E-state index in [1.54, 1.807) is 4.90 Å². The number of para-hydroxylation sites is 1. The van der Waals surface area contributed by atoms with Gasteiger partial charge >= 0.3 is 0 Å². The average Bonchev–Trinajstić information content (AvgIpc) is 3.17. The monoisotopic (exact) mass is 308 g/mol. The van der Waals surface area contributed by atoms with Crippen molar-refractivity contribution in [3.63, 3.8) is 0 Å². The van der Waals surface area contributed by atoms with E-state index in [0.717, 1.165) is 22.2 Å². The number of ketones is 1. The van der Waals surface area contributed by atoms with Crippen LogP contribution in [-0.4, -0.2) is 38.3 Å². The van der Waals surface area contributed by atoms with Gasteiger partial charge in [0.2, 0.25) is 0 Å². The first-order chi connectivity index (χ1) is 11.1. The summed E-state index contributed by atoms with van der Waals surface area (Å²) in [5.74, 6) is -0.134. The molecule has 1 amide bonds. The first-order valence-corrected chi connectivity index (χ1v) is 7.57. The van der Waals surface area contributed by atoms with Crippen molar-refractivity contribution in [2.75, 3.05) is 6.54 Å². The number of carbonyl (C=O) groups is 2. The average molecular weight is 308 g/mol. The lowest BCUT2D eigenvalue weighted by atomic mass is 10.0. The number of carbonyl (C=O) groups excluding carboxylic acids is 2. The number of amides is 1. The molecular formula is C17H16N4O2. The normalized spacial score (nSPS) is 14.0. The summed E-state index contributed by atoms with van der Waals surface area (Å²) < 4.78 is 0. The predicted molar refractivity (Wildman–Crippen MR) is 85.3 cm³/mol. The topological polar surface area (TPSA) is 81.8 Å². The van der Waals surface area contributed by atoms with Gasteiger partial charge in [-0.05, 0) is 12.1 Å². The summed E-state index contributed by atoms with van der Waals surface area (Å²) in [5.41, 5.74) is 3.75. The quantitative estimate of drug-likeness (QED) is 0.713. The van der Waals surface area contributed by atoms with E-state index in [2.05, 4.69) is 15.2 Å². The zero-order valence-corrected chi connectivity index (χ0v) is 12.7. The molecule has 0 saturated carbocycles. The van der Waals surface area contributed by atoms with Crippen molar-refractivity contribution < 1.29 is 9.59 Å². The van der Waals surface area contributed by atoms with Gasteiger partial charge in [0.1, 0.15) is 11.4 Å². The van der Waals surface area contributed by atoms with Gasteiger partial charge in [-0.25, -0.2) is 0 Å². The van der Waals surface area contributed by atoms with Crippen LogP contribution in [0.2, 0.25) is 0 Å². The Balaban J connectivity index is 1.64. The molecule has 0 spiro atoms. The molecule has 0 bridgehead atoms. The number of nitrogens with zero attached hydrogens (tertiary/aromatic N) is 2. The molecule has 1 aromatic carbocycles. The number of H-pyrrole nitrogens is 2. The highest BCUT2D eigenvalue weighted by molar-refractivity contribution is 5.98. The van der Waals surface area contributed by atoms with Gasteiger partial charge in [0, 0.05) is 42.0 Å². The molecule has 0 saturated heterocycles. The third kappa shape index (κ3) is 2.23. The molecular weight excluding hydrogens is 292 g/mol. The van der Waals surface area contributed by atoms with Crippen molar-refractivity contribution in [2.45, 2.75) is 19.9 Å². The molecule has 2 aromatic heterocycles. The van der Waals surface area contributed by atoms with Crippen LogP contribution in [0.1, 0.15) is 39.2 Å². The molecule has 3 aromatic rings. The third-order valence-electron chi connectivity index (χ3n) is 4.31. The van der Waals surface area contributed by atoms with Crippen molar-refractivity contribution in [1.29, 1.82) is 0 Å². The molecule has 4 rings (SSSR count). The van der Waals surface area contributed by atoms with E-state index in [4.69, 9.17) is 0 Å². The molecule has 0 fully saturated rings. The molecule has 3 heterocycles. The lowest BCUT2D eigenvalue weighted by molar-refractivity contribution is 0.0727. The van der Waals surface area contributed by atoms with E-state index in [-0.39, 0.29) is 11.7 Å². The number of aromatic nitrogens is 3. The van der Waals surface area contributed by atoms with Gasteiger partial charge < -0.3 is 9.88 Å². The zero-order valence-electron chi connectivity index (χ0n) is 12.7. The second kappa shape index (κ2) is 5.08. The van der Waals surface area contributed by atoms with Gasteiger partial charge in [0.25, 0.3) is 5.91 Å². The lowest BCUT2D eigenvalue weighted by Crippen LogP contribution is -2.36. The standard InChI is InChI=1S/C17H16N4O2/c1-10(22)16-12-9-21(7-6-14(12)19-20-16)17(23)15-8-11-4-2-3-5-13(11)18-15/h2-5,8,18H,6-7,9H2,1H3,(H,19,20). The smallest absolute Gasteiger partial charge is 0.270 e. The minimum absolute atomic E-state index is 0.0532. The summed E-state index contributed by atoms with van der Waals surface area (Å²) in [5, 5.41) is 8.01. The molecule has 1 aliphatic rings. The Morgan fingerprint density at radius 3 is 2.87 bits per heavy atom. The molecule has 0 atom stereocenters. The van der Waals surface area contributed by atoms with Crippen LogP contribution >= 0.6 is 0 Å². The first kappa shape index (κ1) is 13.8. The van der Waals surface area contributed by atoms with Crippen LogP contribution in [-0.2, 0) is 13.0 Å². The maximum atomic E-state index is 12.8. The number of benzene rings is 1. The molecule has 0 aliphatic carbocycles. The van der Waals surface area contributed by atoms with Gasteiger partial charge in [-0.2, -0.15) is 5.10 Å². The maximum absolute atomic E-state index is 12.8. The Morgan fingerprint density at radius 1 is 1.26 bits per heavy atom. The van der Waals surface area contributed by atoms with Gasteiger partial charge in [-0.3, -0.25) is 14.7 Å².